The molecule has 0 saturated carbocycles. The van der Waals surface area contributed by atoms with Crippen LogP contribution in [0.2, 0.25) is 0 Å². The summed E-state index contributed by atoms with van der Waals surface area (Å²) in [5, 5.41) is 15.2. The molecule has 0 radical (unpaired) electrons. The van der Waals surface area contributed by atoms with E-state index in [0.717, 1.165) is 0 Å². The van der Waals surface area contributed by atoms with Gasteiger partial charge in [-0.05, 0) is 0 Å². The standard InChI is InChI=1S/C2H6O6S2.C2H6O2.2Li/c3-9(4,5)1-2-10(6,7)8;3-1-2-4;;/h1-2H2,(H,3,4,5)(H,6,7,8);3-4H,1-2H2;;/q;;2*+1/p-2. The Bertz CT molecular complexity index is 288. The van der Waals surface area contributed by atoms with Gasteiger partial charge in [-0.2, -0.15) is 0 Å². The van der Waals surface area contributed by atoms with Gasteiger partial charge in [-0.1, -0.05) is 0 Å². The smallest absolute Gasteiger partial charge is 0.748 e. The van der Waals surface area contributed by atoms with Gasteiger partial charge in [0.15, 0.2) is 0 Å². The normalized spacial score (nSPS) is 10.2. The molecule has 0 heterocycles. The molecule has 0 unspecified atom stereocenters. The van der Waals surface area contributed by atoms with Crippen LogP contribution in [-0.2, 0) is 20.2 Å². The van der Waals surface area contributed by atoms with Crippen LogP contribution in [0.5, 0.6) is 0 Å². The zero-order chi connectivity index (χ0) is 11.8. The van der Waals surface area contributed by atoms with E-state index in [-0.39, 0.29) is 50.9 Å². The minimum atomic E-state index is -4.59. The Morgan fingerprint density at radius 3 is 1.00 bits per heavy atom. The second-order valence-electron chi connectivity index (χ2n) is 1.97. The van der Waals surface area contributed by atoms with Crippen molar-refractivity contribution in [3.8, 4) is 0 Å². The fourth-order valence-corrected chi connectivity index (χ4v) is 1.84. The molecule has 0 aliphatic rings. The monoisotopic (exact) mass is 264 g/mol. The molecule has 0 spiro atoms. The quantitative estimate of drug-likeness (QED) is 0.374. The van der Waals surface area contributed by atoms with Crippen molar-refractivity contribution >= 4 is 20.2 Å². The molecule has 0 fully saturated rings. The minimum Gasteiger partial charge on any atom is -0.748 e. The number of hydrogen-bond acceptors (Lipinski definition) is 8. The Morgan fingerprint density at radius 2 is 0.938 bits per heavy atom. The van der Waals surface area contributed by atoms with Gasteiger partial charge in [0.1, 0.15) is 0 Å². The van der Waals surface area contributed by atoms with Crippen LogP contribution < -0.4 is 37.7 Å². The molecule has 0 aliphatic heterocycles. The summed E-state index contributed by atoms with van der Waals surface area (Å²) in [6, 6.07) is 0. The van der Waals surface area contributed by atoms with E-state index < -0.39 is 31.7 Å². The summed E-state index contributed by atoms with van der Waals surface area (Å²) in [5.41, 5.74) is 0. The molecule has 0 amide bonds. The van der Waals surface area contributed by atoms with Crippen LogP contribution in [-0.4, -0.2) is 60.9 Å². The van der Waals surface area contributed by atoms with Crippen molar-refractivity contribution < 1.29 is 73.9 Å². The van der Waals surface area contributed by atoms with Gasteiger partial charge in [0, 0.05) is 0 Å². The van der Waals surface area contributed by atoms with Gasteiger partial charge in [0.25, 0.3) is 0 Å². The Hall–Kier alpha value is 0.935. The second-order valence-corrected chi connectivity index (χ2v) is 5.02. The first-order chi connectivity index (χ1) is 6.12. The number of aliphatic hydroxyl groups excluding tert-OH is 2. The average Bonchev–Trinajstić information content (AvgIpc) is 1.99. The third-order valence-corrected chi connectivity index (χ3v) is 2.35. The molecule has 8 nitrogen and oxygen atoms in total. The fourth-order valence-electron chi connectivity index (χ4n) is 0.204. The first kappa shape index (κ1) is 25.7. The van der Waals surface area contributed by atoms with Gasteiger partial charge in [-0.25, -0.2) is 16.8 Å². The van der Waals surface area contributed by atoms with Crippen LogP contribution in [0.3, 0.4) is 0 Å². The van der Waals surface area contributed by atoms with Crippen molar-refractivity contribution in [1.82, 2.24) is 0 Å². The van der Waals surface area contributed by atoms with Crippen molar-refractivity contribution in [3.63, 3.8) is 0 Å². The maximum atomic E-state index is 9.72. The third-order valence-electron chi connectivity index (χ3n) is 0.683. The summed E-state index contributed by atoms with van der Waals surface area (Å²) in [6.45, 7) is -0.250. The third kappa shape index (κ3) is 36.3. The van der Waals surface area contributed by atoms with E-state index in [1.165, 1.54) is 0 Å². The number of rotatable bonds is 4. The summed E-state index contributed by atoms with van der Waals surface area (Å²) >= 11 is 0. The van der Waals surface area contributed by atoms with Crippen LogP contribution in [0, 0.1) is 0 Å². The van der Waals surface area contributed by atoms with E-state index in [4.69, 9.17) is 10.2 Å². The van der Waals surface area contributed by atoms with E-state index in [1.807, 2.05) is 0 Å². The molecular formula is C4H10Li2O8S2. The summed E-state index contributed by atoms with van der Waals surface area (Å²) in [4.78, 5) is 0. The first-order valence-corrected chi connectivity index (χ1v) is 6.36. The van der Waals surface area contributed by atoms with Gasteiger partial charge in [-0.3, -0.25) is 0 Å². The van der Waals surface area contributed by atoms with Crippen molar-refractivity contribution in [3.05, 3.63) is 0 Å². The molecule has 0 bridgehead atoms. The Morgan fingerprint density at radius 1 is 0.750 bits per heavy atom. The zero-order valence-corrected chi connectivity index (χ0v) is 10.6. The summed E-state index contributed by atoms with van der Waals surface area (Å²) in [6.07, 6.45) is 0. The molecule has 0 aromatic rings. The van der Waals surface area contributed by atoms with Gasteiger partial charge in [-0.15, -0.1) is 0 Å². The topological polar surface area (TPSA) is 155 Å². The van der Waals surface area contributed by atoms with E-state index in [9.17, 15) is 25.9 Å². The van der Waals surface area contributed by atoms with Crippen LogP contribution >= 0.6 is 0 Å². The molecule has 0 aromatic heterocycles. The second kappa shape index (κ2) is 12.4. The van der Waals surface area contributed by atoms with Crippen LogP contribution in [0.4, 0.5) is 0 Å². The largest absolute Gasteiger partial charge is 1.00 e. The van der Waals surface area contributed by atoms with Crippen molar-refractivity contribution in [2.75, 3.05) is 24.7 Å². The van der Waals surface area contributed by atoms with Crippen LogP contribution in [0.25, 0.3) is 0 Å². The fraction of sp³-hybridized carbons (Fsp3) is 1.00. The molecular weight excluding hydrogens is 254 g/mol. The average molecular weight is 264 g/mol. The molecule has 2 N–H and O–H groups in total. The summed E-state index contributed by atoms with van der Waals surface area (Å²) < 4.78 is 58.3. The predicted octanol–water partition coefficient (Wildman–Crippen LogP) is -8.94. The summed E-state index contributed by atoms with van der Waals surface area (Å²) in [5.74, 6) is -2.31. The maximum Gasteiger partial charge on any atom is 1.00 e. The van der Waals surface area contributed by atoms with Crippen molar-refractivity contribution in [2.24, 2.45) is 0 Å². The van der Waals surface area contributed by atoms with Gasteiger partial charge in [0.2, 0.25) is 0 Å². The van der Waals surface area contributed by atoms with Crippen molar-refractivity contribution in [1.29, 1.82) is 0 Å². The molecule has 88 valence electrons. The molecule has 0 saturated heterocycles. The molecule has 0 rings (SSSR count). The number of hydrogen-bond donors (Lipinski definition) is 2. The molecule has 0 atom stereocenters. The Kier molecular flexibility index (Phi) is 19.9. The molecule has 16 heavy (non-hydrogen) atoms. The van der Waals surface area contributed by atoms with E-state index in [1.54, 1.807) is 0 Å². The van der Waals surface area contributed by atoms with E-state index in [2.05, 4.69) is 0 Å². The zero-order valence-electron chi connectivity index (χ0n) is 8.99. The molecule has 0 aliphatic carbocycles. The Labute approximate surface area is 118 Å². The van der Waals surface area contributed by atoms with Gasteiger partial charge < -0.3 is 19.3 Å². The minimum absolute atomic E-state index is 0. The summed E-state index contributed by atoms with van der Waals surface area (Å²) in [7, 11) is -9.17. The van der Waals surface area contributed by atoms with Gasteiger partial charge >= 0.3 is 37.7 Å². The van der Waals surface area contributed by atoms with E-state index in [0.29, 0.717) is 0 Å². The van der Waals surface area contributed by atoms with Crippen LogP contribution in [0.15, 0.2) is 0 Å². The van der Waals surface area contributed by atoms with Crippen LogP contribution in [0.1, 0.15) is 0 Å². The number of aliphatic hydroxyl groups is 2. The molecule has 0 aromatic carbocycles. The predicted molar refractivity (Wildman–Crippen MR) is 43.3 cm³/mol. The molecule has 12 heteroatoms. The van der Waals surface area contributed by atoms with E-state index >= 15 is 0 Å². The SMILES string of the molecule is O=S(=O)([O-])CCS(=O)(=O)[O-].OCCO.[Li+].[Li+]. The first-order valence-electron chi connectivity index (χ1n) is 3.21. The van der Waals surface area contributed by atoms with Gasteiger partial charge in [0.05, 0.1) is 45.0 Å². The maximum absolute atomic E-state index is 9.72. The van der Waals surface area contributed by atoms with Crippen molar-refractivity contribution in [2.45, 2.75) is 0 Å². The Balaban J connectivity index is -0.000000105.